The third-order valence-corrected chi connectivity index (χ3v) is 6.48. The van der Waals surface area contributed by atoms with E-state index in [9.17, 15) is 4.39 Å². The van der Waals surface area contributed by atoms with Crippen molar-refractivity contribution < 1.29 is 9.13 Å². The van der Waals surface area contributed by atoms with Crippen LogP contribution in [0.3, 0.4) is 0 Å². The monoisotopic (exact) mass is 520 g/mol. The lowest BCUT2D eigenvalue weighted by Gasteiger charge is -2.12. The first-order chi connectivity index (χ1) is 17.6. The Morgan fingerprint density at radius 3 is 2.81 bits per heavy atom. The molecule has 0 unspecified atom stereocenters. The zero-order valence-electron chi connectivity index (χ0n) is 19.3. The Morgan fingerprint density at radius 1 is 1.06 bits per heavy atom. The van der Waals surface area contributed by atoms with Gasteiger partial charge in [-0.15, -0.1) is 11.3 Å². The summed E-state index contributed by atoms with van der Waals surface area (Å²) in [4.78, 5) is 18.0. The molecule has 0 aliphatic rings. The van der Waals surface area contributed by atoms with E-state index in [2.05, 4.69) is 37.5 Å². The summed E-state index contributed by atoms with van der Waals surface area (Å²) in [5.74, 6) is 0.819. The van der Waals surface area contributed by atoms with Crippen molar-refractivity contribution in [3.05, 3.63) is 87.8 Å². The average molecular weight is 521 g/mol. The molecule has 0 bridgehead atoms. The number of rotatable bonds is 9. The summed E-state index contributed by atoms with van der Waals surface area (Å²) >= 11 is 8.06. The van der Waals surface area contributed by atoms with Crippen LogP contribution < -0.4 is 15.4 Å². The van der Waals surface area contributed by atoms with Crippen LogP contribution in [0.4, 0.5) is 15.9 Å². The van der Waals surface area contributed by atoms with Crippen LogP contribution in [0.25, 0.3) is 22.3 Å². The minimum atomic E-state index is -0.305. The Balaban J connectivity index is 1.35. The number of ether oxygens (including phenoxy) is 1. The Kier molecular flexibility index (Phi) is 7.31. The summed E-state index contributed by atoms with van der Waals surface area (Å²) in [5, 5.41) is 10.8. The topological polar surface area (TPSA) is 84.9 Å². The first-order valence-corrected chi connectivity index (χ1v) is 12.5. The van der Waals surface area contributed by atoms with Crippen molar-refractivity contribution in [2.45, 2.75) is 20.1 Å². The maximum Gasteiger partial charge on any atom is 0.141 e. The zero-order chi connectivity index (χ0) is 24.9. The Morgan fingerprint density at radius 2 is 1.97 bits per heavy atom. The van der Waals surface area contributed by atoms with Crippen LogP contribution >= 0.6 is 22.9 Å². The van der Waals surface area contributed by atoms with E-state index in [4.69, 9.17) is 16.3 Å². The van der Waals surface area contributed by atoms with Crippen LogP contribution in [-0.2, 0) is 13.2 Å². The number of benzene rings is 2. The molecule has 10 heteroatoms. The van der Waals surface area contributed by atoms with Crippen LogP contribution in [0.5, 0.6) is 5.75 Å². The second kappa shape index (κ2) is 10.9. The zero-order valence-corrected chi connectivity index (χ0v) is 20.9. The van der Waals surface area contributed by atoms with Crippen molar-refractivity contribution in [2.24, 2.45) is 0 Å². The van der Waals surface area contributed by atoms with Gasteiger partial charge in [-0.2, -0.15) is 0 Å². The van der Waals surface area contributed by atoms with Gasteiger partial charge in [0.1, 0.15) is 35.3 Å². The van der Waals surface area contributed by atoms with Gasteiger partial charge in [-0.3, -0.25) is 4.98 Å². The molecular formula is C26H22ClFN6OS. The van der Waals surface area contributed by atoms with Crippen LogP contribution in [0.15, 0.2) is 66.4 Å². The van der Waals surface area contributed by atoms with Crippen molar-refractivity contribution in [2.75, 3.05) is 11.9 Å². The highest BCUT2D eigenvalue weighted by Crippen LogP contribution is 2.32. The molecule has 5 aromatic rings. The summed E-state index contributed by atoms with van der Waals surface area (Å²) in [6.07, 6.45) is 3.21. The van der Waals surface area contributed by atoms with Crippen molar-refractivity contribution >= 4 is 45.3 Å². The molecule has 0 aliphatic heterocycles. The molecule has 0 saturated carbocycles. The van der Waals surface area contributed by atoms with Gasteiger partial charge in [0.05, 0.1) is 28.1 Å². The van der Waals surface area contributed by atoms with E-state index in [1.165, 1.54) is 18.5 Å². The minimum Gasteiger partial charge on any atom is -0.487 e. The molecule has 0 spiro atoms. The number of thiazole rings is 1. The maximum atomic E-state index is 13.4. The second-order valence-corrected chi connectivity index (χ2v) is 9.25. The van der Waals surface area contributed by atoms with E-state index < -0.39 is 0 Å². The highest BCUT2D eigenvalue weighted by Gasteiger charge is 2.12. The summed E-state index contributed by atoms with van der Waals surface area (Å²) in [6.45, 7) is 3.89. The fraction of sp³-hybridized carbons (Fsp3) is 0.154. The molecular weight excluding hydrogens is 499 g/mol. The van der Waals surface area contributed by atoms with E-state index in [0.29, 0.717) is 22.1 Å². The minimum absolute atomic E-state index is 0.212. The predicted molar refractivity (Wildman–Crippen MR) is 141 cm³/mol. The Labute approximate surface area is 216 Å². The average Bonchev–Trinajstić information content (AvgIpc) is 3.36. The molecule has 0 saturated heterocycles. The van der Waals surface area contributed by atoms with Crippen LogP contribution in [-0.4, -0.2) is 26.5 Å². The first-order valence-electron chi connectivity index (χ1n) is 11.3. The fourth-order valence-electron chi connectivity index (χ4n) is 3.56. The molecule has 36 heavy (non-hydrogen) atoms. The Hall–Kier alpha value is -3.66. The van der Waals surface area contributed by atoms with Gasteiger partial charge in [0.2, 0.25) is 0 Å². The molecule has 2 aromatic carbocycles. The molecule has 3 aromatic heterocycles. The van der Waals surface area contributed by atoms with E-state index in [1.54, 1.807) is 41.8 Å². The van der Waals surface area contributed by atoms with Crippen LogP contribution in [0.1, 0.15) is 17.5 Å². The molecule has 0 amide bonds. The van der Waals surface area contributed by atoms with E-state index >= 15 is 0 Å². The molecule has 0 fully saturated rings. The lowest BCUT2D eigenvalue weighted by Crippen LogP contribution is -2.11. The van der Waals surface area contributed by atoms with Crippen molar-refractivity contribution in [1.29, 1.82) is 0 Å². The summed E-state index contributed by atoms with van der Waals surface area (Å²) in [7, 11) is 0. The van der Waals surface area contributed by atoms with Crippen molar-refractivity contribution in [1.82, 2.24) is 25.3 Å². The predicted octanol–water partition coefficient (Wildman–Crippen LogP) is 6.37. The van der Waals surface area contributed by atoms with Gasteiger partial charge in [0.25, 0.3) is 0 Å². The van der Waals surface area contributed by atoms with Gasteiger partial charge in [-0.25, -0.2) is 19.3 Å². The third kappa shape index (κ3) is 5.59. The third-order valence-electron chi connectivity index (χ3n) is 5.34. The molecule has 2 N–H and O–H groups in total. The van der Waals surface area contributed by atoms with Crippen LogP contribution in [0.2, 0.25) is 5.02 Å². The number of hydrogen-bond acceptors (Lipinski definition) is 8. The standard InChI is InChI=1S/C26H22ClFN6OS/c1-2-29-12-25-34-23(14-36-25)21-10-19-22(11-30-21)31-15-32-26(19)33-18-6-7-24(20(27)9-18)35-13-16-4-3-5-17(28)8-16/h3-11,14-15,29H,2,12-13H2,1H3,(H,31,32,33). The van der Waals surface area contributed by atoms with Gasteiger partial charge in [0, 0.05) is 23.0 Å². The smallest absolute Gasteiger partial charge is 0.141 e. The Bertz CT molecular complexity index is 1510. The molecule has 0 atom stereocenters. The van der Waals surface area contributed by atoms with Crippen LogP contribution in [0, 0.1) is 5.82 Å². The fourth-order valence-corrected chi connectivity index (χ4v) is 4.55. The molecule has 3 heterocycles. The normalized spacial score (nSPS) is 11.1. The number of anilines is 2. The van der Waals surface area contributed by atoms with E-state index in [1.807, 2.05) is 17.5 Å². The number of hydrogen-bond donors (Lipinski definition) is 2. The second-order valence-electron chi connectivity index (χ2n) is 7.90. The quantitative estimate of drug-likeness (QED) is 0.233. The molecule has 5 rings (SSSR count). The highest BCUT2D eigenvalue weighted by atomic mass is 35.5. The highest BCUT2D eigenvalue weighted by molar-refractivity contribution is 7.09. The molecule has 0 radical (unpaired) electrons. The number of aromatic nitrogens is 4. The lowest BCUT2D eigenvalue weighted by atomic mass is 10.2. The number of halogens is 2. The largest absolute Gasteiger partial charge is 0.487 e. The lowest BCUT2D eigenvalue weighted by molar-refractivity contribution is 0.306. The van der Waals surface area contributed by atoms with Crippen molar-refractivity contribution in [3.63, 3.8) is 0 Å². The SMILES string of the molecule is CCNCc1nc(-c2cc3c(Nc4ccc(OCc5cccc(F)c5)c(Cl)c4)ncnc3cn2)cs1. The molecule has 182 valence electrons. The summed E-state index contributed by atoms with van der Waals surface area (Å²) < 4.78 is 19.2. The first kappa shape index (κ1) is 24.1. The van der Waals surface area contributed by atoms with Gasteiger partial charge in [0.15, 0.2) is 0 Å². The maximum absolute atomic E-state index is 13.4. The number of nitrogens with zero attached hydrogens (tertiary/aromatic N) is 4. The molecule has 7 nitrogen and oxygen atoms in total. The van der Waals surface area contributed by atoms with Gasteiger partial charge >= 0.3 is 0 Å². The van der Waals surface area contributed by atoms with E-state index in [-0.39, 0.29) is 12.4 Å². The summed E-state index contributed by atoms with van der Waals surface area (Å²) in [6, 6.07) is 13.6. The number of fused-ring (bicyclic) bond motifs is 1. The summed E-state index contributed by atoms with van der Waals surface area (Å²) in [5.41, 5.74) is 3.73. The van der Waals surface area contributed by atoms with E-state index in [0.717, 1.165) is 46.1 Å². The van der Waals surface area contributed by atoms with Gasteiger partial charge < -0.3 is 15.4 Å². The van der Waals surface area contributed by atoms with Gasteiger partial charge in [-0.1, -0.05) is 30.7 Å². The number of pyridine rings is 1. The molecule has 0 aliphatic carbocycles. The van der Waals surface area contributed by atoms with Gasteiger partial charge in [-0.05, 0) is 48.5 Å². The van der Waals surface area contributed by atoms with Crippen molar-refractivity contribution in [3.8, 4) is 17.1 Å². The number of nitrogens with one attached hydrogen (secondary N) is 2.